The van der Waals surface area contributed by atoms with E-state index >= 15 is 0 Å². The maximum Gasteiger partial charge on any atom is 0.129 e. The number of benzene rings is 1. The number of hydrogen-bond acceptors (Lipinski definition) is 4. The average Bonchev–Trinajstić information content (AvgIpc) is 2.42. The molecule has 0 saturated heterocycles. The van der Waals surface area contributed by atoms with E-state index < -0.39 is 0 Å². The molecule has 0 aliphatic heterocycles. The molecule has 0 spiro atoms. The van der Waals surface area contributed by atoms with E-state index in [2.05, 4.69) is 4.98 Å². The first kappa shape index (κ1) is 12.2. The Morgan fingerprint density at radius 2 is 2.00 bits per heavy atom. The fourth-order valence-corrected chi connectivity index (χ4v) is 1.77. The van der Waals surface area contributed by atoms with Crippen molar-refractivity contribution in [1.29, 1.82) is 0 Å². The van der Waals surface area contributed by atoms with Gasteiger partial charge in [0.25, 0.3) is 0 Å². The number of hydrogen-bond donors (Lipinski definition) is 1. The van der Waals surface area contributed by atoms with Gasteiger partial charge in [-0.25, -0.2) is 0 Å². The molecule has 4 heteroatoms. The van der Waals surface area contributed by atoms with Gasteiger partial charge in [-0.1, -0.05) is 6.07 Å². The van der Waals surface area contributed by atoms with E-state index in [1.807, 2.05) is 18.2 Å². The Labute approximate surface area is 106 Å². The van der Waals surface area contributed by atoms with Crippen LogP contribution < -0.4 is 9.47 Å². The molecular weight excluding hydrogens is 230 g/mol. The van der Waals surface area contributed by atoms with Crippen molar-refractivity contribution >= 4 is 0 Å². The quantitative estimate of drug-likeness (QED) is 0.898. The van der Waals surface area contributed by atoms with E-state index in [9.17, 15) is 5.11 Å². The molecule has 0 aliphatic carbocycles. The van der Waals surface area contributed by atoms with E-state index in [1.165, 1.54) is 0 Å². The number of methoxy groups -OCH3 is 2. The smallest absolute Gasteiger partial charge is 0.129 e. The van der Waals surface area contributed by atoms with Gasteiger partial charge in [-0.15, -0.1) is 0 Å². The lowest BCUT2D eigenvalue weighted by Crippen LogP contribution is -1.97. The van der Waals surface area contributed by atoms with Gasteiger partial charge in [0.1, 0.15) is 17.2 Å². The van der Waals surface area contributed by atoms with Crippen LogP contribution in [0.5, 0.6) is 17.2 Å². The minimum Gasteiger partial charge on any atom is -0.507 e. The zero-order chi connectivity index (χ0) is 13.0. The summed E-state index contributed by atoms with van der Waals surface area (Å²) in [4.78, 5) is 4.24. The van der Waals surface area contributed by atoms with Crippen LogP contribution in [0.15, 0.2) is 36.5 Å². The van der Waals surface area contributed by atoms with Gasteiger partial charge in [0.15, 0.2) is 0 Å². The lowest BCUT2D eigenvalue weighted by atomic mass is 10.1. The van der Waals surface area contributed by atoms with Crippen LogP contribution >= 0.6 is 0 Å². The second-order valence-corrected chi connectivity index (χ2v) is 3.83. The minimum atomic E-state index is 0.150. The van der Waals surface area contributed by atoms with Crippen molar-refractivity contribution in [3.63, 3.8) is 0 Å². The second-order valence-electron chi connectivity index (χ2n) is 3.83. The van der Waals surface area contributed by atoms with Crippen molar-refractivity contribution < 1.29 is 14.6 Å². The van der Waals surface area contributed by atoms with Crippen molar-refractivity contribution in [1.82, 2.24) is 4.98 Å². The second kappa shape index (κ2) is 5.40. The lowest BCUT2D eigenvalue weighted by Gasteiger charge is -2.12. The topological polar surface area (TPSA) is 51.6 Å². The molecule has 0 saturated carbocycles. The number of rotatable bonds is 4. The third-order valence-corrected chi connectivity index (χ3v) is 2.70. The van der Waals surface area contributed by atoms with Gasteiger partial charge in [0.05, 0.1) is 14.2 Å². The molecule has 0 atom stereocenters. The monoisotopic (exact) mass is 245 g/mol. The highest BCUT2D eigenvalue weighted by atomic mass is 16.5. The summed E-state index contributed by atoms with van der Waals surface area (Å²) in [6, 6.07) is 8.99. The summed E-state index contributed by atoms with van der Waals surface area (Å²) in [6.07, 6.45) is 2.24. The van der Waals surface area contributed by atoms with E-state index in [-0.39, 0.29) is 5.75 Å². The van der Waals surface area contributed by atoms with Crippen LogP contribution in [0.2, 0.25) is 0 Å². The highest BCUT2D eigenvalue weighted by molar-refractivity contribution is 5.51. The fourth-order valence-electron chi connectivity index (χ4n) is 1.77. The van der Waals surface area contributed by atoms with E-state index in [0.717, 1.165) is 5.69 Å². The number of pyridine rings is 1. The molecule has 0 unspecified atom stereocenters. The summed E-state index contributed by atoms with van der Waals surface area (Å²) >= 11 is 0. The molecule has 94 valence electrons. The first-order valence-electron chi connectivity index (χ1n) is 5.58. The number of aromatic hydroxyl groups is 1. The Kier molecular flexibility index (Phi) is 3.67. The summed E-state index contributed by atoms with van der Waals surface area (Å²) in [5.41, 5.74) is 1.58. The first-order valence-corrected chi connectivity index (χ1v) is 5.58. The molecule has 1 aromatic heterocycles. The molecule has 0 amide bonds. The third-order valence-electron chi connectivity index (χ3n) is 2.70. The number of nitrogens with zero attached hydrogens (tertiary/aromatic N) is 1. The lowest BCUT2D eigenvalue weighted by molar-refractivity contribution is 0.380. The van der Waals surface area contributed by atoms with Gasteiger partial charge in [-0.2, -0.15) is 0 Å². The summed E-state index contributed by atoms with van der Waals surface area (Å²) in [5, 5.41) is 10.0. The van der Waals surface area contributed by atoms with Crippen molar-refractivity contribution in [3.8, 4) is 17.2 Å². The van der Waals surface area contributed by atoms with Gasteiger partial charge >= 0.3 is 0 Å². The maximum atomic E-state index is 10.0. The summed E-state index contributed by atoms with van der Waals surface area (Å²) in [6.45, 7) is 0. The largest absolute Gasteiger partial charge is 0.507 e. The first-order chi connectivity index (χ1) is 8.74. The van der Waals surface area contributed by atoms with E-state index in [1.54, 1.807) is 32.5 Å². The van der Waals surface area contributed by atoms with E-state index in [0.29, 0.717) is 23.5 Å². The molecule has 0 aliphatic rings. The molecule has 2 aromatic rings. The SMILES string of the molecule is COc1cc(O)c(Cc2ccccn2)c(OC)c1. The van der Waals surface area contributed by atoms with Gasteiger partial charge < -0.3 is 14.6 Å². The Hall–Kier alpha value is -2.23. The van der Waals surface area contributed by atoms with Crippen LogP contribution in [-0.4, -0.2) is 24.3 Å². The van der Waals surface area contributed by atoms with E-state index in [4.69, 9.17) is 9.47 Å². The zero-order valence-corrected chi connectivity index (χ0v) is 10.4. The van der Waals surface area contributed by atoms with Crippen LogP contribution in [0.1, 0.15) is 11.3 Å². The van der Waals surface area contributed by atoms with Crippen LogP contribution in [0.3, 0.4) is 0 Å². The highest BCUT2D eigenvalue weighted by Crippen LogP contribution is 2.34. The molecular formula is C14H15NO3. The number of ether oxygens (including phenoxy) is 2. The Balaban J connectivity index is 2.38. The van der Waals surface area contributed by atoms with Crippen molar-refractivity contribution in [2.75, 3.05) is 14.2 Å². The van der Waals surface area contributed by atoms with Gasteiger partial charge in [-0.05, 0) is 12.1 Å². The maximum absolute atomic E-state index is 10.0. The summed E-state index contributed by atoms with van der Waals surface area (Å²) < 4.78 is 10.4. The predicted molar refractivity (Wildman–Crippen MR) is 68.3 cm³/mol. The standard InChI is InChI=1S/C14H15NO3/c1-17-11-8-13(16)12(14(9-11)18-2)7-10-5-3-4-6-15-10/h3-6,8-9,16H,7H2,1-2H3. The van der Waals surface area contributed by atoms with Crippen molar-refractivity contribution in [2.24, 2.45) is 0 Å². The molecule has 1 aromatic carbocycles. The molecule has 1 heterocycles. The highest BCUT2D eigenvalue weighted by Gasteiger charge is 2.12. The summed E-state index contributed by atoms with van der Waals surface area (Å²) in [5.74, 6) is 1.31. The zero-order valence-electron chi connectivity index (χ0n) is 10.4. The van der Waals surface area contributed by atoms with Gasteiger partial charge in [0.2, 0.25) is 0 Å². The minimum absolute atomic E-state index is 0.150. The van der Waals surface area contributed by atoms with Crippen LogP contribution in [-0.2, 0) is 6.42 Å². The van der Waals surface area contributed by atoms with Crippen molar-refractivity contribution in [2.45, 2.75) is 6.42 Å². The molecule has 0 fully saturated rings. The average molecular weight is 245 g/mol. The number of aromatic nitrogens is 1. The molecule has 4 nitrogen and oxygen atoms in total. The van der Waals surface area contributed by atoms with Gasteiger partial charge in [-0.3, -0.25) is 4.98 Å². The van der Waals surface area contributed by atoms with Gasteiger partial charge in [0, 0.05) is 36.0 Å². The summed E-state index contributed by atoms with van der Waals surface area (Å²) in [7, 11) is 3.11. The predicted octanol–water partition coefficient (Wildman–Crippen LogP) is 2.40. The Bertz CT molecular complexity index is 526. The molecule has 18 heavy (non-hydrogen) atoms. The molecule has 0 radical (unpaired) electrons. The number of phenols is 1. The molecule has 0 bridgehead atoms. The van der Waals surface area contributed by atoms with Crippen LogP contribution in [0.25, 0.3) is 0 Å². The Morgan fingerprint density at radius 1 is 1.17 bits per heavy atom. The molecule has 1 N–H and O–H groups in total. The van der Waals surface area contributed by atoms with Crippen LogP contribution in [0, 0.1) is 0 Å². The number of phenolic OH excluding ortho intramolecular Hbond substituents is 1. The normalized spacial score (nSPS) is 10.1. The molecule has 2 rings (SSSR count). The van der Waals surface area contributed by atoms with Crippen molar-refractivity contribution in [3.05, 3.63) is 47.8 Å². The Morgan fingerprint density at radius 3 is 2.61 bits per heavy atom. The third kappa shape index (κ3) is 2.53. The fraction of sp³-hybridized carbons (Fsp3) is 0.214. The van der Waals surface area contributed by atoms with Crippen LogP contribution in [0.4, 0.5) is 0 Å².